The van der Waals surface area contributed by atoms with Crippen molar-refractivity contribution in [2.24, 2.45) is 0 Å². The maximum Gasteiger partial charge on any atom is 0.0409 e. The summed E-state index contributed by atoms with van der Waals surface area (Å²) >= 11 is 6.37. The summed E-state index contributed by atoms with van der Waals surface area (Å²) in [5, 5.41) is 0.823. The molecule has 1 nitrogen and oxygen atoms in total. The Labute approximate surface area is 163 Å². The van der Waals surface area contributed by atoms with Crippen LogP contribution in [0.5, 0.6) is 0 Å². The van der Waals surface area contributed by atoms with Gasteiger partial charge in [-0.25, -0.2) is 0 Å². The molecule has 1 aliphatic carbocycles. The monoisotopic (exact) mass is 367 g/mol. The summed E-state index contributed by atoms with van der Waals surface area (Å²) in [4.78, 5) is 2.41. The molecule has 0 saturated heterocycles. The van der Waals surface area contributed by atoms with Gasteiger partial charge in [0.15, 0.2) is 0 Å². The van der Waals surface area contributed by atoms with Gasteiger partial charge in [0.1, 0.15) is 0 Å². The minimum atomic E-state index is 0.0642. The molecule has 2 aromatic carbocycles. The Hall–Kier alpha value is -1.73. The second-order valence-corrected chi connectivity index (χ2v) is 8.37. The van der Waals surface area contributed by atoms with Crippen molar-refractivity contribution in [1.82, 2.24) is 0 Å². The molecule has 0 amide bonds. The third-order valence-electron chi connectivity index (χ3n) is 5.80. The summed E-state index contributed by atoms with van der Waals surface area (Å²) in [6.07, 6.45) is 5.62. The number of fused-ring (bicyclic) bond motifs is 2. The van der Waals surface area contributed by atoms with E-state index in [0.717, 1.165) is 24.5 Å². The Balaban J connectivity index is 2.20. The molecule has 0 spiro atoms. The topological polar surface area (TPSA) is 3.24 Å². The smallest absolute Gasteiger partial charge is 0.0409 e. The number of hydrogen-bond acceptors (Lipinski definition) is 1. The van der Waals surface area contributed by atoms with Gasteiger partial charge >= 0.3 is 0 Å². The molecule has 0 radical (unpaired) electrons. The van der Waals surface area contributed by atoms with Crippen molar-refractivity contribution in [3.63, 3.8) is 0 Å². The highest BCUT2D eigenvalue weighted by atomic mass is 35.5. The summed E-state index contributed by atoms with van der Waals surface area (Å²) in [6.45, 7) is 13.4. The van der Waals surface area contributed by atoms with E-state index in [1.807, 2.05) is 6.07 Å². The van der Waals surface area contributed by atoms with Gasteiger partial charge in [-0.05, 0) is 72.2 Å². The number of nitrogens with zero attached hydrogens (tertiary/aromatic N) is 1. The normalized spacial score (nSPS) is 19.5. The van der Waals surface area contributed by atoms with Gasteiger partial charge in [-0.15, -0.1) is 0 Å². The molecule has 1 atom stereocenters. The third-order valence-corrected chi connectivity index (χ3v) is 6.04. The zero-order chi connectivity index (χ0) is 18.9. The van der Waals surface area contributed by atoms with E-state index >= 15 is 0 Å². The van der Waals surface area contributed by atoms with Crippen molar-refractivity contribution in [1.29, 1.82) is 0 Å². The Morgan fingerprint density at radius 3 is 2.46 bits per heavy atom. The van der Waals surface area contributed by atoms with E-state index in [1.54, 1.807) is 0 Å². The first kappa shape index (κ1) is 19.0. The van der Waals surface area contributed by atoms with Crippen molar-refractivity contribution in [2.75, 3.05) is 18.0 Å². The Morgan fingerprint density at radius 1 is 1.04 bits per heavy atom. The minimum Gasteiger partial charge on any atom is -0.372 e. The molecular formula is C24H30ClN. The summed E-state index contributed by atoms with van der Waals surface area (Å²) in [6, 6.07) is 13.3. The first-order chi connectivity index (χ1) is 12.4. The summed E-state index contributed by atoms with van der Waals surface area (Å²) in [5.41, 5.74) is 6.85. The van der Waals surface area contributed by atoms with E-state index in [1.165, 1.54) is 27.9 Å². The Bertz CT molecular complexity index is 815. The largest absolute Gasteiger partial charge is 0.372 e. The standard InChI is InChI=1S/C24H30ClN/c1-6-26(7-2)20-12-10-18-9-8-14-24(4,5)23-15-19(25)11-13-21(23)17(3)22(18)16-20/h8-13,15-17H,6-7,14H2,1-5H3/b9-8+. The van der Waals surface area contributed by atoms with Gasteiger partial charge in [0, 0.05) is 29.7 Å². The molecule has 0 saturated carbocycles. The number of hydrogen-bond donors (Lipinski definition) is 0. The summed E-state index contributed by atoms with van der Waals surface area (Å²) in [7, 11) is 0. The fourth-order valence-electron chi connectivity index (χ4n) is 4.12. The fourth-order valence-corrected chi connectivity index (χ4v) is 4.30. The SMILES string of the molecule is CCN(CC)c1ccc2c(c1)C(C)c1ccc(Cl)cc1C(C)(C)C/C=C/2. The highest BCUT2D eigenvalue weighted by Crippen LogP contribution is 2.41. The summed E-state index contributed by atoms with van der Waals surface area (Å²) < 4.78 is 0. The molecule has 0 aliphatic heterocycles. The maximum absolute atomic E-state index is 6.37. The van der Waals surface area contributed by atoms with Crippen LogP contribution in [0.1, 0.15) is 69.2 Å². The first-order valence-electron chi connectivity index (χ1n) is 9.72. The van der Waals surface area contributed by atoms with Crippen LogP contribution in [0.15, 0.2) is 42.5 Å². The zero-order valence-electron chi connectivity index (χ0n) is 16.6. The fraction of sp³-hybridized carbons (Fsp3) is 0.417. The average Bonchev–Trinajstić information content (AvgIpc) is 2.65. The predicted molar refractivity (Wildman–Crippen MR) is 116 cm³/mol. The van der Waals surface area contributed by atoms with Crippen molar-refractivity contribution in [3.8, 4) is 0 Å². The molecule has 3 rings (SSSR count). The van der Waals surface area contributed by atoms with Crippen LogP contribution in [0.2, 0.25) is 5.02 Å². The number of halogens is 1. The zero-order valence-corrected chi connectivity index (χ0v) is 17.4. The molecule has 0 aromatic heterocycles. The molecule has 1 aliphatic rings. The average molecular weight is 368 g/mol. The number of benzene rings is 2. The number of allylic oxidation sites excluding steroid dienone is 1. The minimum absolute atomic E-state index is 0.0642. The molecule has 0 N–H and O–H groups in total. The van der Waals surface area contributed by atoms with E-state index in [4.69, 9.17) is 11.6 Å². The lowest BCUT2D eigenvalue weighted by atomic mass is 9.76. The van der Waals surface area contributed by atoms with Crippen LogP contribution in [-0.4, -0.2) is 13.1 Å². The molecule has 0 bridgehead atoms. The highest BCUT2D eigenvalue weighted by molar-refractivity contribution is 6.30. The lowest BCUT2D eigenvalue weighted by Crippen LogP contribution is -2.22. The van der Waals surface area contributed by atoms with E-state index in [9.17, 15) is 0 Å². The molecular weight excluding hydrogens is 338 g/mol. The lowest BCUT2D eigenvalue weighted by molar-refractivity contribution is 0.527. The van der Waals surface area contributed by atoms with Crippen LogP contribution in [0, 0.1) is 0 Å². The van der Waals surface area contributed by atoms with Gasteiger partial charge in [-0.2, -0.15) is 0 Å². The quantitative estimate of drug-likeness (QED) is 0.562. The molecule has 0 fully saturated rings. The van der Waals surface area contributed by atoms with Crippen LogP contribution < -0.4 is 4.90 Å². The van der Waals surface area contributed by atoms with Crippen molar-refractivity contribution < 1.29 is 0 Å². The van der Waals surface area contributed by atoms with Crippen LogP contribution in [0.25, 0.3) is 6.08 Å². The Morgan fingerprint density at radius 2 is 1.77 bits per heavy atom. The molecule has 2 heteroatoms. The van der Waals surface area contributed by atoms with Gasteiger partial charge in [0.25, 0.3) is 0 Å². The summed E-state index contributed by atoms with van der Waals surface area (Å²) in [5.74, 6) is 0.329. The van der Waals surface area contributed by atoms with Crippen LogP contribution in [0.4, 0.5) is 5.69 Å². The molecule has 2 aromatic rings. The number of anilines is 1. The van der Waals surface area contributed by atoms with E-state index in [0.29, 0.717) is 5.92 Å². The second-order valence-electron chi connectivity index (χ2n) is 7.93. The third kappa shape index (κ3) is 3.55. The maximum atomic E-state index is 6.37. The van der Waals surface area contributed by atoms with Gasteiger partial charge < -0.3 is 4.90 Å². The van der Waals surface area contributed by atoms with E-state index < -0.39 is 0 Å². The molecule has 26 heavy (non-hydrogen) atoms. The van der Waals surface area contributed by atoms with Crippen molar-refractivity contribution in [2.45, 2.75) is 52.4 Å². The van der Waals surface area contributed by atoms with Crippen LogP contribution in [0.3, 0.4) is 0 Å². The lowest BCUT2D eigenvalue weighted by Gasteiger charge is -2.29. The number of rotatable bonds is 3. The van der Waals surface area contributed by atoms with Crippen LogP contribution >= 0.6 is 11.6 Å². The van der Waals surface area contributed by atoms with Gasteiger partial charge in [0.2, 0.25) is 0 Å². The predicted octanol–water partition coefficient (Wildman–Crippen LogP) is 7.03. The molecule has 0 heterocycles. The van der Waals surface area contributed by atoms with Crippen LogP contribution in [-0.2, 0) is 5.41 Å². The van der Waals surface area contributed by atoms with E-state index in [-0.39, 0.29) is 5.41 Å². The Kier molecular flexibility index (Phi) is 5.48. The highest BCUT2D eigenvalue weighted by Gasteiger charge is 2.27. The van der Waals surface area contributed by atoms with Crippen molar-refractivity contribution >= 4 is 23.4 Å². The van der Waals surface area contributed by atoms with Crippen molar-refractivity contribution in [3.05, 3.63) is 69.8 Å². The second kappa shape index (κ2) is 7.48. The van der Waals surface area contributed by atoms with Gasteiger partial charge in [-0.3, -0.25) is 0 Å². The molecule has 1 unspecified atom stereocenters. The molecule has 138 valence electrons. The van der Waals surface area contributed by atoms with E-state index in [2.05, 4.69) is 82.0 Å². The van der Waals surface area contributed by atoms with Gasteiger partial charge in [-0.1, -0.05) is 56.7 Å². The van der Waals surface area contributed by atoms with Gasteiger partial charge in [0.05, 0.1) is 0 Å². The first-order valence-corrected chi connectivity index (χ1v) is 10.1.